The predicted octanol–water partition coefficient (Wildman–Crippen LogP) is 2.08. The first kappa shape index (κ1) is 12.8. The first-order valence-corrected chi connectivity index (χ1v) is 6.90. The quantitative estimate of drug-likeness (QED) is 0.727. The number of carbonyl (C=O) groups excluding carboxylic acids is 1. The molecule has 4 heteroatoms. The standard InChI is InChI=1S/C11H22N2OS/c1-11(2,13-15-3)10(14)12-9-7-5-4-6-8-9/h9,13H,4-8H2,1-3H3,(H,12,14). The first-order chi connectivity index (χ1) is 7.06. The molecule has 88 valence electrons. The second kappa shape index (κ2) is 5.75. The van der Waals surface area contributed by atoms with Crippen LogP contribution >= 0.6 is 11.9 Å². The molecule has 0 aromatic carbocycles. The first-order valence-electron chi connectivity index (χ1n) is 5.67. The van der Waals surface area contributed by atoms with Crippen LogP contribution in [0.2, 0.25) is 0 Å². The van der Waals surface area contributed by atoms with E-state index in [-0.39, 0.29) is 5.91 Å². The summed E-state index contributed by atoms with van der Waals surface area (Å²) in [6.45, 7) is 3.84. The zero-order valence-corrected chi connectivity index (χ0v) is 10.7. The van der Waals surface area contributed by atoms with Gasteiger partial charge in [-0.2, -0.15) is 0 Å². The molecule has 15 heavy (non-hydrogen) atoms. The molecule has 0 heterocycles. The molecule has 1 saturated carbocycles. The molecular formula is C11H22N2OS. The third-order valence-corrected chi connectivity index (χ3v) is 3.58. The van der Waals surface area contributed by atoms with Crippen LogP contribution in [0, 0.1) is 0 Å². The summed E-state index contributed by atoms with van der Waals surface area (Å²) >= 11 is 1.49. The van der Waals surface area contributed by atoms with Gasteiger partial charge in [0.25, 0.3) is 0 Å². The van der Waals surface area contributed by atoms with Gasteiger partial charge < -0.3 is 5.32 Å². The largest absolute Gasteiger partial charge is 0.352 e. The molecule has 1 fully saturated rings. The summed E-state index contributed by atoms with van der Waals surface area (Å²) in [6, 6.07) is 0.397. The Morgan fingerprint density at radius 1 is 1.27 bits per heavy atom. The van der Waals surface area contributed by atoms with Gasteiger partial charge >= 0.3 is 0 Å². The van der Waals surface area contributed by atoms with Gasteiger partial charge in [0.1, 0.15) is 5.54 Å². The van der Waals surface area contributed by atoms with E-state index in [1.54, 1.807) is 0 Å². The van der Waals surface area contributed by atoms with Gasteiger partial charge in [-0.1, -0.05) is 31.2 Å². The van der Waals surface area contributed by atoms with Crippen LogP contribution in [0.4, 0.5) is 0 Å². The highest BCUT2D eigenvalue weighted by molar-refractivity contribution is 7.96. The molecule has 0 spiro atoms. The molecule has 1 aliphatic rings. The minimum Gasteiger partial charge on any atom is -0.352 e. The van der Waals surface area contributed by atoms with E-state index in [1.807, 2.05) is 20.1 Å². The zero-order valence-electron chi connectivity index (χ0n) is 9.93. The fourth-order valence-corrected chi connectivity index (χ4v) is 2.52. The Morgan fingerprint density at radius 3 is 2.40 bits per heavy atom. The van der Waals surface area contributed by atoms with Crippen molar-refractivity contribution in [1.82, 2.24) is 10.0 Å². The SMILES string of the molecule is CSNC(C)(C)C(=O)NC1CCCCC1. The average molecular weight is 230 g/mol. The van der Waals surface area contributed by atoms with E-state index in [9.17, 15) is 4.79 Å². The molecule has 0 radical (unpaired) electrons. The van der Waals surface area contributed by atoms with Crippen molar-refractivity contribution in [1.29, 1.82) is 0 Å². The molecular weight excluding hydrogens is 208 g/mol. The summed E-state index contributed by atoms with van der Waals surface area (Å²) in [5.74, 6) is 0.115. The van der Waals surface area contributed by atoms with Crippen LogP contribution < -0.4 is 10.0 Å². The lowest BCUT2D eigenvalue weighted by Gasteiger charge is -2.29. The van der Waals surface area contributed by atoms with Gasteiger partial charge in [-0.05, 0) is 32.9 Å². The van der Waals surface area contributed by atoms with Crippen LogP contribution in [0.25, 0.3) is 0 Å². The Hall–Kier alpha value is -0.220. The monoisotopic (exact) mass is 230 g/mol. The van der Waals surface area contributed by atoms with Crippen molar-refractivity contribution in [2.45, 2.75) is 57.5 Å². The van der Waals surface area contributed by atoms with Crippen molar-refractivity contribution in [3.05, 3.63) is 0 Å². The lowest BCUT2D eigenvalue weighted by Crippen LogP contribution is -2.53. The number of hydrogen-bond acceptors (Lipinski definition) is 3. The molecule has 0 unspecified atom stereocenters. The molecule has 0 atom stereocenters. The van der Waals surface area contributed by atoms with Crippen molar-refractivity contribution < 1.29 is 4.79 Å². The van der Waals surface area contributed by atoms with Crippen LogP contribution in [0.15, 0.2) is 0 Å². The van der Waals surface area contributed by atoms with Gasteiger partial charge in [0.2, 0.25) is 5.91 Å². The maximum Gasteiger partial charge on any atom is 0.240 e. The van der Waals surface area contributed by atoms with Gasteiger partial charge in [0.05, 0.1) is 0 Å². The predicted molar refractivity (Wildman–Crippen MR) is 65.7 cm³/mol. The highest BCUT2D eigenvalue weighted by atomic mass is 32.2. The summed E-state index contributed by atoms with van der Waals surface area (Å²) in [5, 5.41) is 3.13. The normalized spacial score (nSPS) is 18.9. The van der Waals surface area contributed by atoms with Gasteiger partial charge in [0, 0.05) is 6.04 Å². The second-order valence-corrected chi connectivity index (χ2v) is 5.35. The van der Waals surface area contributed by atoms with Crippen LogP contribution in [0.5, 0.6) is 0 Å². The van der Waals surface area contributed by atoms with E-state index < -0.39 is 5.54 Å². The topological polar surface area (TPSA) is 41.1 Å². The Morgan fingerprint density at radius 2 is 1.87 bits per heavy atom. The minimum atomic E-state index is -0.475. The highest BCUT2D eigenvalue weighted by Crippen LogP contribution is 2.18. The third-order valence-electron chi connectivity index (χ3n) is 2.87. The smallest absolute Gasteiger partial charge is 0.240 e. The van der Waals surface area contributed by atoms with Crippen molar-refractivity contribution in [2.24, 2.45) is 0 Å². The fourth-order valence-electron chi connectivity index (χ4n) is 1.91. The molecule has 1 rings (SSSR count). The van der Waals surface area contributed by atoms with E-state index in [0.29, 0.717) is 6.04 Å². The van der Waals surface area contributed by atoms with E-state index in [2.05, 4.69) is 10.0 Å². The molecule has 1 aliphatic carbocycles. The molecule has 1 amide bonds. The number of hydrogen-bond donors (Lipinski definition) is 2. The molecule has 0 saturated heterocycles. The number of amides is 1. The molecule has 2 N–H and O–H groups in total. The lowest BCUT2D eigenvalue weighted by molar-refractivity contribution is -0.126. The number of rotatable bonds is 4. The van der Waals surface area contributed by atoms with Crippen LogP contribution in [0.3, 0.4) is 0 Å². The summed E-state index contributed by atoms with van der Waals surface area (Å²) in [5.41, 5.74) is -0.475. The van der Waals surface area contributed by atoms with E-state index >= 15 is 0 Å². The molecule has 3 nitrogen and oxygen atoms in total. The Balaban J connectivity index is 2.39. The Labute approximate surface area is 96.9 Å². The Kier molecular flexibility index (Phi) is 4.93. The van der Waals surface area contributed by atoms with E-state index in [0.717, 1.165) is 12.8 Å². The number of carbonyl (C=O) groups is 1. The van der Waals surface area contributed by atoms with Gasteiger partial charge in [0.15, 0.2) is 0 Å². The van der Waals surface area contributed by atoms with Crippen LogP contribution in [0.1, 0.15) is 46.0 Å². The molecule has 0 aromatic rings. The lowest BCUT2D eigenvalue weighted by atomic mass is 9.94. The second-order valence-electron chi connectivity index (χ2n) is 4.74. The molecule has 0 aromatic heterocycles. The van der Waals surface area contributed by atoms with Crippen LogP contribution in [-0.2, 0) is 4.79 Å². The van der Waals surface area contributed by atoms with Crippen molar-refractivity contribution in [3.63, 3.8) is 0 Å². The minimum absolute atomic E-state index is 0.115. The van der Waals surface area contributed by atoms with E-state index in [1.165, 1.54) is 31.2 Å². The van der Waals surface area contributed by atoms with Gasteiger partial charge in [-0.3, -0.25) is 4.79 Å². The molecule has 0 bridgehead atoms. The summed E-state index contributed by atoms with van der Waals surface area (Å²) in [7, 11) is 0. The highest BCUT2D eigenvalue weighted by Gasteiger charge is 2.28. The fraction of sp³-hybridized carbons (Fsp3) is 0.909. The van der Waals surface area contributed by atoms with Crippen molar-refractivity contribution in [3.8, 4) is 0 Å². The number of nitrogens with one attached hydrogen (secondary N) is 2. The van der Waals surface area contributed by atoms with Gasteiger partial charge in [-0.15, -0.1) is 0 Å². The van der Waals surface area contributed by atoms with Crippen molar-refractivity contribution >= 4 is 17.9 Å². The Bertz CT molecular complexity index is 213. The average Bonchev–Trinajstić information content (AvgIpc) is 2.19. The third kappa shape index (κ3) is 4.03. The summed E-state index contributed by atoms with van der Waals surface area (Å²) in [4.78, 5) is 11.9. The van der Waals surface area contributed by atoms with Gasteiger partial charge in [-0.25, -0.2) is 4.72 Å². The van der Waals surface area contributed by atoms with E-state index in [4.69, 9.17) is 0 Å². The summed E-state index contributed by atoms with van der Waals surface area (Å²) in [6.07, 6.45) is 8.04. The maximum atomic E-state index is 11.9. The maximum absolute atomic E-state index is 11.9. The van der Waals surface area contributed by atoms with Crippen molar-refractivity contribution in [2.75, 3.05) is 6.26 Å². The summed E-state index contributed by atoms with van der Waals surface area (Å²) < 4.78 is 3.12. The zero-order chi connectivity index (χ0) is 11.3. The molecule has 0 aliphatic heterocycles. The van der Waals surface area contributed by atoms with Crippen LogP contribution in [-0.4, -0.2) is 23.7 Å².